The minimum atomic E-state index is -1.60. The van der Waals surface area contributed by atoms with Crippen LogP contribution in [0.4, 0.5) is 13.2 Å². The number of hydrogen-bond acceptors (Lipinski definition) is 8. The van der Waals surface area contributed by atoms with E-state index in [-0.39, 0.29) is 17.9 Å². The fourth-order valence-corrected chi connectivity index (χ4v) is 5.68. The van der Waals surface area contributed by atoms with E-state index in [2.05, 4.69) is 5.10 Å². The van der Waals surface area contributed by atoms with Crippen LogP contribution < -0.4 is 0 Å². The number of rotatable bonds is 9. The molecule has 0 spiro atoms. The van der Waals surface area contributed by atoms with Gasteiger partial charge in [-0.05, 0) is 29.8 Å². The van der Waals surface area contributed by atoms with E-state index in [0.717, 1.165) is 17.7 Å². The quantitative estimate of drug-likeness (QED) is 0.200. The minimum Gasteiger partial charge on any atom is -0.463 e. The Morgan fingerprint density at radius 2 is 1.56 bits per heavy atom. The van der Waals surface area contributed by atoms with Gasteiger partial charge in [0.1, 0.15) is 24.2 Å². The number of ether oxygens (including phenoxy) is 4. The summed E-state index contributed by atoms with van der Waals surface area (Å²) in [6.07, 6.45) is -1.72. The van der Waals surface area contributed by atoms with Crippen LogP contribution in [0.25, 0.3) is 11.3 Å². The molecule has 0 saturated carbocycles. The van der Waals surface area contributed by atoms with Gasteiger partial charge < -0.3 is 18.9 Å². The summed E-state index contributed by atoms with van der Waals surface area (Å²) in [6.45, 7) is 3.31. The van der Waals surface area contributed by atoms with E-state index in [1.165, 1.54) is 43.4 Å². The molecule has 0 aliphatic carbocycles. The molecule has 4 rings (SSSR count). The lowest BCUT2D eigenvalue weighted by atomic mass is 9.96. The first-order valence-corrected chi connectivity index (χ1v) is 13.8. The number of thioether (sulfide) groups is 1. The maximum absolute atomic E-state index is 13.9. The summed E-state index contributed by atoms with van der Waals surface area (Å²) in [4.78, 5) is 36.0. The van der Waals surface area contributed by atoms with Crippen LogP contribution in [0.1, 0.15) is 32.4 Å². The summed E-state index contributed by atoms with van der Waals surface area (Å²) in [5.41, 5.74) is 0.290. The van der Waals surface area contributed by atoms with E-state index >= 15 is 0 Å². The summed E-state index contributed by atoms with van der Waals surface area (Å²) in [6, 6.07) is 7.79. The molecule has 1 fully saturated rings. The van der Waals surface area contributed by atoms with Crippen LogP contribution in [0.15, 0.2) is 42.6 Å². The number of aromatic amines is 1. The smallest absolute Gasteiger partial charge is 0.303 e. The Balaban J connectivity index is 1.72. The number of esters is 3. The summed E-state index contributed by atoms with van der Waals surface area (Å²) >= 11 is 7.27. The second-order valence-corrected chi connectivity index (χ2v) is 10.8. The first kappa shape index (κ1) is 30.5. The fourth-order valence-electron chi connectivity index (χ4n) is 4.38. The monoisotopic (exact) mass is 614 g/mol. The second kappa shape index (κ2) is 13.0. The van der Waals surface area contributed by atoms with Crippen LogP contribution in [0.5, 0.6) is 0 Å². The lowest BCUT2D eigenvalue weighted by molar-refractivity contribution is -0.212. The van der Waals surface area contributed by atoms with Gasteiger partial charge in [0.2, 0.25) is 0 Å². The zero-order valence-electron chi connectivity index (χ0n) is 22.1. The Hall–Kier alpha value is -3.42. The first-order valence-electron chi connectivity index (χ1n) is 12.3. The number of halogens is 4. The molecule has 0 bridgehead atoms. The lowest BCUT2D eigenvalue weighted by Crippen LogP contribution is -2.58. The number of H-pyrrole nitrogens is 1. The number of carbonyl (C=O) groups is 3. The highest BCUT2D eigenvalue weighted by molar-refractivity contribution is 7.99. The van der Waals surface area contributed by atoms with Crippen LogP contribution >= 0.6 is 23.4 Å². The summed E-state index contributed by atoms with van der Waals surface area (Å²) in [7, 11) is 0. The van der Waals surface area contributed by atoms with Gasteiger partial charge >= 0.3 is 17.9 Å². The van der Waals surface area contributed by atoms with E-state index < -0.39 is 65.1 Å². The molecule has 2 aromatic carbocycles. The molecular formula is C27H26ClF3N2O7S. The van der Waals surface area contributed by atoms with Gasteiger partial charge in [-0.15, -0.1) is 11.8 Å². The van der Waals surface area contributed by atoms with Crippen LogP contribution in [0.3, 0.4) is 0 Å². The Morgan fingerprint density at radius 1 is 0.976 bits per heavy atom. The predicted octanol–water partition coefficient (Wildman–Crippen LogP) is 5.18. The van der Waals surface area contributed by atoms with E-state index in [9.17, 15) is 27.6 Å². The third-order valence-electron chi connectivity index (χ3n) is 6.13. The number of carbonyl (C=O) groups excluding carboxylic acids is 3. The minimum absolute atomic E-state index is 0.0166. The number of benzene rings is 2. The third-order valence-corrected chi connectivity index (χ3v) is 7.59. The van der Waals surface area contributed by atoms with Crippen LogP contribution in [0.2, 0.25) is 5.02 Å². The molecule has 5 atom stereocenters. The van der Waals surface area contributed by atoms with Gasteiger partial charge in [-0.2, -0.15) is 0 Å². The predicted molar refractivity (Wildman–Crippen MR) is 142 cm³/mol. The normalized spacial score (nSPS) is 22.3. The molecule has 1 aliphatic heterocycles. The standard InChI is InChI=1S/C27H26ClF3N2O7S/c1-13(34)37-11-22-25(38-14(2)35)24(33-10-21(32-33)17-8-19(29)23(31)20(30)9-17)26(39-15(3)36)27(40-22)41-12-16-4-6-18(28)7-5-16/h4-10,22,24-27,32H,11-12H2,1-3H3/t22?,24?,25-,26?,27+/m0/s1. The van der Waals surface area contributed by atoms with Gasteiger partial charge in [-0.3, -0.25) is 24.2 Å². The molecule has 220 valence electrons. The van der Waals surface area contributed by atoms with E-state index in [1.807, 2.05) is 12.1 Å². The van der Waals surface area contributed by atoms with Gasteiger partial charge in [-0.1, -0.05) is 23.7 Å². The Bertz CT molecular complexity index is 1380. The van der Waals surface area contributed by atoms with Crippen LogP contribution in [-0.2, 0) is 39.1 Å². The second-order valence-electron chi connectivity index (χ2n) is 9.24. The molecule has 0 amide bonds. The Morgan fingerprint density at radius 3 is 2.12 bits per heavy atom. The number of hydrogen-bond donors (Lipinski definition) is 1. The molecule has 1 N–H and O–H groups in total. The lowest BCUT2D eigenvalue weighted by Gasteiger charge is -2.46. The van der Waals surface area contributed by atoms with Gasteiger partial charge in [-0.25, -0.2) is 13.2 Å². The highest BCUT2D eigenvalue weighted by atomic mass is 35.5. The van der Waals surface area contributed by atoms with Gasteiger partial charge in [0, 0.05) is 43.3 Å². The van der Waals surface area contributed by atoms with Crippen molar-refractivity contribution in [3.63, 3.8) is 0 Å². The number of aromatic nitrogens is 2. The molecule has 0 radical (unpaired) electrons. The molecule has 9 nitrogen and oxygen atoms in total. The largest absolute Gasteiger partial charge is 0.463 e. The molecule has 3 unspecified atom stereocenters. The van der Waals surface area contributed by atoms with Crippen molar-refractivity contribution >= 4 is 41.3 Å². The molecule has 1 saturated heterocycles. The summed E-state index contributed by atoms with van der Waals surface area (Å²) in [5.74, 6) is -5.86. The van der Waals surface area contributed by atoms with Crippen molar-refractivity contribution in [3.05, 3.63) is 70.6 Å². The van der Waals surface area contributed by atoms with Crippen molar-refractivity contribution in [2.45, 2.75) is 56.3 Å². The molecule has 1 aromatic heterocycles. The topological polar surface area (TPSA) is 109 Å². The Kier molecular flexibility index (Phi) is 9.72. The van der Waals surface area contributed by atoms with Crippen LogP contribution in [0, 0.1) is 17.5 Å². The maximum atomic E-state index is 13.9. The zero-order valence-corrected chi connectivity index (χ0v) is 23.6. The van der Waals surface area contributed by atoms with Gasteiger partial charge in [0.15, 0.2) is 29.7 Å². The van der Waals surface area contributed by atoms with Crippen molar-refractivity contribution in [1.82, 2.24) is 9.78 Å². The third kappa shape index (κ3) is 7.46. The van der Waals surface area contributed by atoms with E-state index in [4.69, 9.17) is 30.5 Å². The van der Waals surface area contributed by atoms with Crippen molar-refractivity contribution in [2.24, 2.45) is 0 Å². The van der Waals surface area contributed by atoms with Crippen LogP contribution in [-0.4, -0.2) is 58.0 Å². The van der Waals surface area contributed by atoms with Gasteiger partial charge in [0.25, 0.3) is 0 Å². The van der Waals surface area contributed by atoms with Crippen molar-refractivity contribution in [3.8, 4) is 11.3 Å². The maximum Gasteiger partial charge on any atom is 0.303 e. The zero-order chi connectivity index (χ0) is 29.8. The van der Waals surface area contributed by atoms with Crippen molar-refractivity contribution in [2.75, 3.05) is 6.61 Å². The molecule has 41 heavy (non-hydrogen) atoms. The molecule has 14 heteroatoms. The number of nitrogens with zero attached hydrogens (tertiary/aromatic N) is 1. The fraction of sp³-hybridized carbons (Fsp3) is 0.370. The van der Waals surface area contributed by atoms with E-state index in [1.54, 1.807) is 12.1 Å². The van der Waals surface area contributed by atoms with Gasteiger partial charge in [0.05, 0.1) is 5.69 Å². The highest BCUT2D eigenvalue weighted by Crippen LogP contribution is 2.41. The number of nitrogens with one attached hydrogen (secondary N) is 1. The first-order chi connectivity index (χ1) is 19.4. The molecular weight excluding hydrogens is 589 g/mol. The average molecular weight is 615 g/mol. The van der Waals surface area contributed by atoms with Crippen molar-refractivity contribution < 1.29 is 46.5 Å². The summed E-state index contributed by atoms with van der Waals surface area (Å²) < 4.78 is 65.3. The average Bonchev–Trinajstić information content (AvgIpc) is 2.86. The Labute approximate surface area is 242 Å². The molecule has 3 aromatic rings. The van der Waals surface area contributed by atoms with Crippen molar-refractivity contribution in [1.29, 1.82) is 0 Å². The SMILES string of the molecule is CC(=O)OCC1O[C@H](SCc2ccc(Cl)cc2)C(OC(C)=O)C(n2cc(-c3cc(F)c(F)c(F)c3)[nH]2)[C@H]1OC(C)=O. The molecule has 1 aliphatic rings. The highest BCUT2D eigenvalue weighted by Gasteiger charge is 2.51. The van der Waals surface area contributed by atoms with E-state index in [0.29, 0.717) is 10.8 Å². The molecule has 2 heterocycles. The summed E-state index contributed by atoms with van der Waals surface area (Å²) in [5, 5.41) is 3.46.